The van der Waals surface area contributed by atoms with Crippen LogP contribution in [0.1, 0.15) is 48.5 Å². The van der Waals surface area contributed by atoms with E-state index in [1.165, 1.54) is 0 Å². The number of rotatable bonds is 9. The normalized spacial score (nSPS) is 17.8. The number of carbonyl (C=O) groups is 2. The summed E-state index contributed by atoms with van der Waals surface area (Å²) in [5, 5.41) is 20.6. The first-order valence-electron chi connectivity index (χ1n) is 14.1. The van der Waals surface area contributed by atoms with Crippen LogP contribution >= 0.6 is 11.6 Å². The maximum Gasteiger partial charge on any atom is 0.292 e. The van der Waals surface area contributed by atoms with Gasteiger partial charge in [0.1, 0.15) is 5.75 Å². The minimum atomic E-state index is -1.55. The fourth-order valence-electron chi connectivity index (χ4n) is 5.61. The highest BCUT2D eigenvalue weighted by atomic mass is 35.5. The topological polar surface area (TPSA) is 96.7 Å². The smallest absolute Gasteiger partial charge is 0.292 e. The van der Waals surface area contributed by atoms with Gasteiger partial charge >= 0.3 is 0 Å². The van der Waals surface area contributed by atoms with Crippen LogP contribution in [0.2, 0.25) is 5.02 Å². The monoisotopic (exact) mass is 572 g/mol. The van der Waals surface area contributed by atoms with Crippen molar-refractivity contribution in [1.29, 1.82) is 0 Å². The van der Waals surface area contributed by atoms with Crippen molar-refractivity contribution in [3.8, 4) is 16.9 Å². The van der Waals surface area contributed by atoms with E-state index in [2.05, 4.69) is 10.4 Å². The zero-order chi connectivity index (χ0) is 28.7. The Morgan fingerprint density at radius 1 is 1.05 bits per heavy atom. The van der Waals surface area contributed by atoms with Crippen molar-refractivity contribution in [1.82, 2.24) is 20.0 Å². The molecule has 0 radical (unpaired) electrons. The van der Waals surface area contributed by atoms with Gasteiger partial charge in [-0.1, -0.05) is 48.0 Å². The number of carbonyl (C=O) groups excluding carboxylic acids is 2. The van der Waals surface area contributed by atoms with Gasteiger partial charge < -0.3 is 15.2 Å². The molecule has 1 saturated heterocycles. The fraction of sp³-hybridized carbons (Fsp3) is 0.344. The third-order valence-electron chi connectivity index (χ3n) is 8.15. The van der Waals surface area contributed by atoms with Gasteiger partial charge in [-0.3, -0.25) is 19.2 Å². The van der Waals surface area contributed by atoms with E-state index in [0.29, 0.717) is 29.4 Å². The molecule has 212 valence electrons. The number of aromatic nitrogens is 2. The first-order chi connectivity index (χ1) is 19.7. The van der Waals surface area contributed by atoms with E-state index >= 15 is 0 Å². The van der Waals surface area contributed by atoms with Gasteiger partial charge in [-0.25, -0.2) is 0 Å². The number of hydrogen-bond acceptors (Lipinski definition) is 6. The predicted octanol–water partition coefficient (Wildman–Crippen LogP) is 5.06. The third kappa shape index (κ3) is 5.35. The highest BCUT2D eigenvalue weighted by Crippen LogP contribution is 2.38. The molecule has 9 heteroatoms. The van der Waals surface area contributed by atoms with E-state index in [0.717, 1.165) is 47.7 Å². The SMILES string of the molecule is C[C@@H](NC(=O)C(=O)c1ccc(-c2ccc3c(cnn3C)c2)cc1)[C@](O)(c1ccc(OC2CC2)c(Cl)c1)N1CCCC1. The zero-order valence-electron chi connectivity index (χ0n) is 23.1. The molecule has 2 atom stereocenters. The molecule has 6 rings (SSSR count). The average molecular weight is 573 g/mol. The molecule has 0 spiro atoms. The van der Waals surface area contributed by atoms with Crippen LogP contribution in [0.5, 0.6) is 5.75 Å². The van der Waals surface area contributed by atoms with Gasteiger partial charge in [0, 0.05) is 36.7 Å². The maximum atomic E-state index is 13.2. The van der Waals surface area contributed by atoms with Crippen LogP contribution in [0.3, 0.4) is 0 Å². The summed E-state index contributed by atoms with van der Waals surface area (Å²) in [5.74, 6) is -0.863. The summed E-state index contributed by atoms with van der Waals surface area (Å²) in [6.07, 6.45) is 5.89. The van der Waals surface area contributed by atoms with Gasteiger partial charge in [-0.15, -0.1) is 0 Å². The molecule has 0 unspecified atom stereocenters. The number of hydrogen-bond donors (Lipinski definition) is 2. The zero-order valence-corrected chi connectivity index (χ0v) is 23.9. The summed E-state index contributed by atoms with van der Waals surface area (Å²) in [4.78, 5) is 28.2. The van der Waals surface area contributed by atoms with Gasteiger partial charge in [0.25, 0.3) is 5.91 Å². The molecule has 2 fully saturated rings. The second kappa shape index (κ2) is 10.9. The summed E-state index contributed by atoms with van der Waals surface area (Å²) in [6.45, 7) is 3.04. The standard InChI is InChI=1S/C32H33ClN4O4/c1-20(32(40,37-15-3-4-16-37)25-10-14-29(27(33)18-25)41-26-11-12-26)35-31(39)30(38)22-7-5-21(6-8-22)23-9-13-28-24(17-23)19-34-36(28)2/h5-10,13-14,17-20,26,40H,3-4,11-12,15-16H2,1-2H3,(H,35,39)/t20-,32+/m1/s1. The number of aryl methyl sites for hydroxylation is 1. The molecule has 8 nitrogen and oxygen atoms in total. The maximum absolute atomic E-state index is 13.2. The van der Waals surface area contributed by atoms with E-state index < -0.39 is 23.5 Å². The summed E-state index contributed by atoms with van der Waals surface area (Å²) in [5.41, 5.74) is 2.21. The van der Waals surface area contributed by atoms with E-state index in [1.807, 2.05) is 53.2 Å². The van der Waals surface area contributed by atoms with E-state index in [-0.39, 0.29) is 11.7 Å². The Labute approximate surface area is 243 Å². The number of likely N-dealkylation sites (tertiary alicyclic amines) is 1. The number of amides is 1. The molecule has 1 aliphatic heterocycles. The Balaban J connectivity index is 1.19. The highest BCUT2D eigenvalue weighted by Gasteiger charge is 2.44. The number of aliphatic hydroxyl groups is 1. The lowest BCUT2D eigenvalue weighted by atomic mass is 9.93. The number of benzene rings is 3. The largest absolute Gasteiger partial charge is 0.489 e. The lowest BCUT2D eigenvalue weighted by molar-refractivity contribution is -0.139. The Hall–Kier alpha value is -3.72. The van der Waals surface area contributed by atoms with Gasteiger partial charge in [0.05, 0.1) is 28.9 Å². The lowest BCUT2D eigenvalue weighted by Gasteiger charge is -2.42. The minimum Gasteiger partial charge on any atom is -0.489 e. The molecular formula is C32H33ClN4O4. The van der Waals surface area contributed by atoms with E-state index in [9.17, 15) is 14.7 Å². The number of ether oxygens (including phenoxy) is 1. The predicted molar refractivity (Wildman–Crippen MR) is 158 cm³/mol. The Bertz CT molecular complexity index is 1610. The van der Waals surface area contributed by atoms with Crippen molar-refractivity contribution in [3.05, 3.63) is 83.0 Å². The molecule has 2 heterocycles. The first-order valence-corrected chi connectivity index (χ1v) is 14.4. The fourth-order valence-corrected chi connectivity index (χ4v) is 5.83. The number of nitrogens with zero attached hydrogens (tertiary/aromatic N) is 3. The average Bonchev–Trinajstić information content (AvgIpc) is 3.47. The van der Waals surface area contributed by atoms with Gasteiger partial charge in [-0.05, 0) is 68.0 Å². The van der Waals surface area contributed by atoms with Crippen molar-refractivity contribution in [3.63, 3.8) is 0 Å². The summed E-state index contributed by atoms with van der Waals surface area (Å²) in [6, 6.07) is 17.5. The van der Waals surface area contributed by atoms with Gasteiger partial charge in [-0.2, -0.15) is 5.10 Å². The minimum absolute atomic E-state index is 0.193. The third-order valence-corrected chi connectivity index (χ3v) is 8.44. The van der Waals surface area contributed by atoms with E-state index in [4.69, 9.17) is 16.3 Å². The van der Waals surface area contributed by atoms with Crippen LogP contribution < -0.4 is 10.1 Å². The van der Waals surface area contributed by atoms with Crippen molar-refractivity contribution in [2.45, 2.75) is 50.5 Å². The number of halogens is 1. The molecule has 2 N–H and O–H groups in total. The van der Waals surface area contributed by atoms with Crippen LogP contribution in [0.25, 0.3) is 22.0 Å². The molecule has 1 amide bonds. The van der Waals surface area contributed by atoms with Crippen LogP contribution in [0, 0.1) is 0 Å². The number of ketones is 1. The number of nitrogens with one attached hydrogen (secondary N) is 1. The van der Waals surface area contributed by atoms with Crippen molar-refractivity contribution in [2.75, 3.05) is 13.1 Å². The molecule has 1 aliphatic carbocycles. The molecule has 2 aliphatic rings. The van der Waals surface area contributed by atoms with Crippen LogP contribution in [0.15, 0.2) is 66.9 Å². The number of fused-ring (bicyclic) bond motifs is 1. The molecule has 1 saturated carbocycles. The molecule has 41 heavy (non-hydrogen) atoms. The van der Waals surface area contributed by atoms with Crippen LogP contribution in [-0.4, -0.2) is 56.7 Å². The molecule has 0 bridgehead atoms. The molecule has 1 aromatic heterocycles. The summed E-state index contributed by atoms with van der Waals surface area (Å²) >= 11 is 6.54. The Morgan fingerprint density at radius 3 is 2.44 bits per heavy atom. The Morgan fingerprint density at radius 2 is 1.76 bits per heavy atom. The highest BCUT2D eigenvalue weighted by molar-refractivity contribution is 6.42. The second-order valence-corrected chi connectivity index (χ2v) is 11.4. The van der Waals surface area contributed by atoms with Crippen molar-refractivity contribution < 1.29 is 19.4 Å². The van der Waals surface area contributed by atoms with Gasteiger partial charge in [0.15, 0.2) is 5.72 Å². The number of Topliss-reactive ketones (excluding diaryl/α,β-unsaturated/α-hetero) is 1. The van der Waals surface area contributed by atoms with Crippen LogP contribution in [-0.2, 0) is 17.6 Å². The quantitative estimate of drug-likeness (QED) is 0.215. The molecular weight excluding hydrogens is 540 g/mol. The van der Waals surface area contributed by atoms with Crippen LogP contribution in [0.4, 0.5) is 0 Å². The van der Waals surface area contributed by atoms with Crippen molar-refractivity contribution >= 4 is 34.2 Å². The summed E-state index contributed by atoms with van der Waals surface area (Å²) < 4.78 is 7.68. The first kappa shape index (κ1) is 27.4. The summed E-state index contributed by atoms with van der Waals surface area (Å²) in [7, 11) is 1.90. The van der Waals surface area contributed by atoms with E-state index in [1.54, 1.807) is 37.3 Å². The molecule has 3 aromatic carbocycles. The van der Waals surface area contributed by atoms with Crippen molar-refractivity contribution in [2.24, 2.45) is 7.05 Å². The molecule has 4 aromatic rings. The second-order valence-electron chi connectivity index (χ2n) is 11.0. The van der Waals surface area contributed by atoms with Gasteiger partial charge in [0.2, 0.25) is 5.78 Å². The lowest BCUT2D eigenvalue weighted by Crippen LogP contribution is -2.59. The Kier molecular flexibility index (Phi) is 7.32.